The molecule has 0 rings (SSSR count). The van der Waals surface area contributed by atoms with Crippen LogP contribution in [0.5, 0.6) is 0 Å². The van der Waals surface area contributed by atoms with E-state index in [1.165, 1.54) is 19.3 Å². The SMILES string of the molecule is CCCCCCC(C)(N)CC(N)=O. The normalized spacial score (nSPS) is 15.3. The van der Waals surface area contributed by atoms with E-state index in [1.807, 2.05) is 6.92 Å². The quantitative estimate of drug-likeness (QED) is 0.592. The van der Waals surface area contributed by atoms with Gasteiger partial charge in [0.25, 0.3) is 0 Å². The Bertz CT molecular complexity index is 155. The molecule has 0 radical (unpaired) electrons. The van der Waals surface area contributed by atoms with Crippen LogP contribution in [-0.4, -0.2) is 11.4 Å². The van der Waals surface area contributed by atoms with E-state index in [2.05, 4.69) is 6.92 Å². The van der Waals surface area contributed by atoms with Crippen LogP contribution in [0.4, 0.5) is 0 Å². The maximum absolute atomic E-state index is 10.6. The fourth-order valence-corrected chi connectivity index (χ4v) is 1.44. The fourth-order valence-electron chi connectivity index (χ4n) is 1.44. The third-order valence-electron chi connectivity index (χ3n) is 2.18. The zero-order valence-corrected chi connectivity index (χ0v) is 8.81. The Morgan fingerprint density at radius 1 is 1.31 bits per heavy atom. The van der Waals surface area contributed by atoms with Crippen molar-refractivity contribution < 1.29 is 4.79 Å². The van der Waals surface area contributed by atoms with Gasteiger partial charge in [-0.05, 0) is 13.3 Å². The summed E-state index contributed by atoms with van der Waals surface area (Å²) in [5.41, 5.74) is 10.6. The molecule has 0 aromatic carbocycles. The Kier molecular flexibility index (Phi) is 5.71. The second-order valence-corrected chi connectivity index (χ2v) is 4.11. The molecule has 0 heterocycles. The van der Waals surface area contributed by atoms with Gasteiger partial charge in [0.15, 0.2) is 0 Å². The van der Waals surface area contributed by atoms with E-state index < -0.39 is 5.54 Å². The molecular formula is C10H22N2O. The van der Waals surface area contributed by atoms with E-state index in [4.69, 9.17) is 11.5 Å². The van der Waals surface area contributed by atoms with E-state index in [0.717, 1.165) is 12.8 Å². The number of rotatable bonds is 7. The lowest BCUT2D eigenvalue weighted by Crippen LogP contribution is -2.40. The number of carbonyl (C=O) groups excluding carboxylic acids is 1. The number of amides is 1. The number of primary amides is 1. The molecule has 1 atom stereocenters. The molecule has 0 saturated carbocycles. The minimum absolute atomic E-state index is 0.291. The van der Waals surface area contributed by atoms with E-state index >= 15 is 0 Å². The summed E-state index contributed by atoms with van der Waals surface area (Å²) in [4.78, 5) is 10.6. The van der Waals surface area contributed by atoms with Crippen LogP contribution in [0.3, 0.4) is 0 Å². The Morgan fingerprint density at radius 3 is 2.38 bits per heavy atom. The Balaban J connectivity index is 3.56. The first kappa shape index (κ1) is 12.4. The second kappa shape index (κ2) is 5.97. The zero-order chi connectivity index (χ0) is 10.3. The zero-order valence-electron chi connectivity index (χ0n) is 8.81. The summed E-state index contributed by atoms with van der Waals surface area (Å²) in [5.74, 6) is -0.305. The van der Waals surface area contributed by atoms with Crippen molar-refractivity contribution in [2.75, 3.05) is 0 Å². The van der Waals surface area contributed by atoms with Crippen molar-refractivity contribution in [2.45, 2.75) is 57.9 Å². The molecule has 3 nitrogen and oxygen atoms in total. The molecule has 13 heavy (non-hydrogen) atoms. The third kappa shape index (κ3) is 7.78. The van der Waals surface area contributed by atoms with Gasteiger partial charge in [0.1, 0.15) is 0 Å². The first-order valence-electron chi connectivity index (χ1n) is 5.05. The molecule has 1 amide bonds. The lowest BCUT2D eigenvalue weighted by atomic mass is 9.91. The molecular weight excluding hydrogens is 164 g/mol. The van der Waals surface area contributed by atoms with E-state index in [9.17, 15) is 4.79 Å². The molecule has 0 aliphatic carbocycles. The van der Waals surface area contributed by atoms with Crippen molar-refractivity contribution in [1.29, 1.82) is 0 Å². The molecule has 0 aliphatic rings. The van der Waals surface area contributed by atoms with Gasteiger partial charge >= 0.3 is 0 Å². The Hall–Kier alpha value is -0.570. The Morgan fingerprint density at radius 2 is 1.92 bits per heavy atom. The van der Waals surface area contributed by atoms with Gasteiger partial charge in [-0.25, -0.2) is 0 Å². The average molecular weight is 186 g/mol. The van der Waals surface area contributed by atoms with E-state index in [-0.39, 0.29) is 5.91 Å². The molecule has 1 unspecified atom stereocenters. The van der Waals surface area contributed by atoms with E-state index in [1.54, 1.807) is 0 Å². The van der Waals surface area contributed by atoms with Gasteiger partial charge in [0.05, 0.1) is 0 Å². The Labute approximate surface area is 80.9 Å². The molecule has 3 heteroatoms. The molecule has 0 aliphatic heterocycles. The minimum Gasteiger partial charge on any atom is -0.370 e. The predicted molar refractivity (Wildman–Crippen MR) is 55.2 cm³/mol. The molecule has 0 saturated heterocycles. The first-order chi connectivity index (χ1) is 5.98. The maximum Gasteiger partial charge on any atom is 0.219 e. The average Bonchev–Trinajstić information content (AvgIpc) is 1.95. The maximum atomic E-state index is 10.6. The number of hydrogen-bond acceptors (Lipinski definition) is 2. The number of carbonyl (C=O) groups is 1. The van der Waals surface area contributed by atoms with Crippen LogP contribution in [0.15, 0.2) is 0 Å². The summed E-state index contributed by atoms with van der Waals surface area (Å²) in [6, 6.07) is 0. The smallest absolute Gasteiger partial charge is 0.219 e. The van der Waals surface area contributed by atoms with Crippen molar-refractivity contribution in [2.24, 2.45) is 11.5 Å². The lowest BCUT2D eigenvalue weighted by molar-refractivity contribution is -0.119. The summed E-state index contributed by atoms with van der Waals surface area (Å²) in [6.07, 6.45) is 5.93. The van der Waals surface area contributed by atoms with Gasteiger partial charge in [-0.1, -0.05) is 32.6 Å². The van der Waals surface area contributed by atoms with Crippen molar-refractivity contribution in [1.82, 2.24) is 0 Å². The van der Waals surface area contributed by atoms with Gasteiger partial charge < -0.3 is 11.5 Å². The predicted octanol–water partition coefficient (Wildman–Crippen LogP) is 1.55. The molecule has 78 valence electrons. The monoisotopic (exact) mass is 186 g/mol. The van der Waals surface area contributed by atoms with Crippen molar-refractivity contribution in [3.63, 3.8) is 0 Å². The molecule has 4 N–H and O–H groups in total. The van der Waals surface area contributed by atoms with Crippen molar-refractivity contribution >= 4 is 5.91 Å². The highest BCUT2D eigenvalue weighted by molar-refractivity contribution is 5.75. The summed E-state index contributed by atoms with van der Waals surface area (Å²) < 4.78 is 0. The van der Waals surface area contributed by atoms with Crippen molar-refractivity contribution in [3.05, 3.63) is 0 Å². The topological polar surface area (TPSA) is 69.1 Å². The minimum atomic E-state index is -0.403. The third-order valence-corrected chi connectivity index (χ3v) is 2.18. The fraction of sp³-hybridized carbons (Fsp3) is 0.900. The second-order valence-electron chi connectivity index (χ2n) is 4.11. The van der Waals surface area contributed by atoms with Crippen LogP contribution in [0.25, 0.3) is 0 Å². The molecule has 0 fully saturated rings. The van der Waals surface area contributed by atoms with Crippen LogP contribution in [0, 0.1) is 0 Å². The van der Waals surface area contributed by atoms with Crippen LogP contribution in [0.1, 0.15) is 52.4 Å². The van der Waals surface area contributed by atoms with Crippen LogP contribution < -0.4 is 11.5 Å². The van der Waals surface area contributed by atoms with Gasteiger partial charge in [-0.15, -0.1) is 0 Å². The molecule has 0 spiro atoms. The van der Waals surface area contributed by atoms with Crippen LogP contribution >= 0.6 is 0 Å². The standard InChI is InChI=1S/C10H22N2O/c1-3-4-5-6-7-10(2,12)8-9(11)13/h3-8,12H2,1-2H3,(H2,11,13). The number of unbranched alkanes of at least 4 members (excludes halogenated alkanes) is 3. The van der Waals surface area contributed by atoms with Gasteiger partial charge in [-0.3, -0.25) is 4.79 Å². The highest BCUT2D eigenvalue weighted by Crippen LogP contribution is 2.15. The van der Waals surface area contributed by atoms with Crippen LogP contribution in [-0.2, 0) is 4.79 Å². The highest BCUT2D eigenvalue weighted by atomic mass is 16.1. The number of nitrogens with two attached hydrogens (primary N) is 2. The molecule has 0 aromatic rings. The molecule has 0 aromatic heterocycles. The van der Waals surface area contributed by atoms with Gasteiger partial charge in [0.2, 0.25) is 5.91 Å². The summed E-state index contributed by atoms with van der Waals surface area (Å²) in [7, 11) is 0. The van der Waals surface area contributed by atoms with E-state index in [0.29, 0.717) is 6.42 Å². The summed E-state index contributed by atoms with van der Waals surface area (Å²) in [6.45, 7) is 4.06. The lowest BCUT2D eigenvalue weighted by Gasteiger charge is -2.22. The molecule has 0 bridgehead atoms. The van der Waals surface area contributed by atoms with Gasteiger partial charge in [-0.2, -0.15) is 0 Å². The largest absolute Gasteiger partial charge is 0.370 e. The first-order valence-corrected chi connectivity index (χ1v) is 5.05. The summed E-state index contributed by atoms with van der Waals surface area (Å²) in [5, 5.41) is 0. The highest BCUT2D eigenvalue weighted by Gasteiger charge is 2.20. The van der Waals surface area contributed by atoms with Crippen LogP contribution in [0.2, 0.25) is 0 Å². The van der Waals surface area contributed by atoms with Crippen molar-refractivity contribution in [3.8, 4) is 0 Å². The summed E-state index contributed by atoms with van der Waals surface area (Å²) >= 11 is 0. The van der Waals surface area contributed by atoms with Gasteiger partial charge in [0, 0.05) is 12.0 Å². The number of hydrogen-bond donors (Lipinski definition) is 2.